The van der Waals surface area contributed by atoms with Gasteiger partial charge in [0.25, 0.3) is 0 Å². The molecular formula is C31H15Cl4F7. The molecule has 4 aromatic carbocycles. The van der Waals surface area contributed by atoms with Gasteiger partial charge in [0, 0.05) is 32.7 Å². The molecule has 11 heteroatoms. The van der Waals surface area contributed by atoms with Gasteiger partial charge in [0.1, 0.15) is 28.7 Å². The van der Waals surface area contributed by atoms with Crippen LogP contribution >= 0.6 is 46.4 Å². The second-order valence-electron chi connectivity index (χ2n) is 9.40. The Kier molecular flexibility index (Phi) is 8.18. The molecule has 216 valence electrons. The van der Waals surface area contributed by atoms with Gasteiger partial charge >= 0.3 is 6.18 Å². The maximum absolute atomic E-state index is 16.6. The molecule has 2 unspecified atom stereocenters. The predicted octanol–water partition coefficient (Wildman–Crippen LogP) is 11.7. The number of hydrogen-bond donors (Lipinski definition) is 0. The van der Waals surface area contributed by atoms with E-state index in [2.05, 4.69) is 0 Å². The largest absolute Gasteiger partial charge is 0.403 e. The van der Waals surface area contributed by atoms with Crippen molar-refractivity contribution in [2.75, 3.05) is 0 Å². The molecule has 0 saturated heterocycles. The van der Waals surface area contributed by atoms with Crippen molar-refractivity contribution in [1.29, 1.82) is 0 Å². The number of hydrogen-bond acceptors (Lipinski definition) is 0. The summed E-state index contributed by atoms with van der Waals surface area (Å²) in [5, 5.41) is -2.06. The van der Waals surface area contributed by atoms with Gasteiger partial charge in [0.15, 0.2) is 0 Å². The lowest BCUT2D eigenvalue weighted by Gasteiger charge is -2.48. The molecule has 2 atom stereocenters. The Bertz CT molecular complexity index is 1740. The molecule has 0 aliphatic heterocycles. The molecule has 5 rings (SSSR count). The van der Waals surface area contributed by atoms with Crippen LogP contribution in [0.25, 0.3) is 11.1 Å². The number of rotatable bonds is 4. The maximum Gasteiger partial charge on any atom is 0.403 e. The SMILES string of the molecule is FC1=C(Cl)C(c2cc(Cl)ccc2F)C(c2ccc(Cl)cc2F)(C(F)(F)F)C(c2ccccc2)=C1c1c(F)cccc1Cl. The minimum absolute atomic E-state index is 0.197. The first-order chi connectivity index (χ1) is 19.8. The third-order valence-corrected chi connectivity index (χ3v) is 8.28. The first-order valence-corrected chi connectivity index (χ1v) is 13.6. The molecular weight excluding hydrogens is 647 g/mol. The van der Waals surface area contributed by atoms with Crippen LogP contribution in [0.4, 0.5) is 30.7 Å². The fraction of sp³-hybridized carbons (Fsp3) is 0.0968. The number of alkyl halides is 3. The topological polar surface area (TPSA) is 0 Å². The van der Waals surface area contributed by atoms with Crippen molar-refractivity contribution in [3.05, 3.63) is 151 Å². The summed E-state index contributed by atoms with van der Waals surface area (Å²) in [6.45, 7) is 0. The molecule has 0 radical (unpaired) electrons. The molecule has 0 nitrogen and oxygen atoms in total. The van der Waals surface area contributed by atoms with Crippen LogP contribution in [-0.2, 0) is 5.41 Å². The van der Waals surface area contributed by atoms with Crippen LogP contribution in [0.3, 0.4) is 0 Å². The first-order valence-electron chi connectivity index (χ1n) is 12.1. The van der Waals surface area contributed by atoms with Gasteiger partial charge in [-0.3, -0.25) is 0 Å². The van der Waals surface area contributed by atoms with Gasteiger partial charge in [0.05, 0.1) is 10.1 Å². The van der Waals surface area contributed by atoms with Crippen LogP contribution in [-0.4, -0.2) is 6.18 Å². The molecule has 0 saturated carbocycles. The molecule has 0 fully saturated rings. The van der Waals surface area contributed by atoms with Crippen LogP contribution in [0.15, 0.2) is 95.8 Å². The molecule has 0 spiro atoms. The van der Waals surface area contributed by atoms with E-state index in [4.69, 9.17) is 46.4 Å². The molecule has 1 aliphatic carbocycles. The molecule has 0 N–H and O–H groups in total. The highest BCUT2D eigenvalue weighted by atomic mass is 35.5. The average Bonchev–Trinajstić information content (AvgIpc) is 2.92. The fourth-order valence-electron chi connectivity index (χ4n) is 5.50. The summed E-state index contributed by atoms with van der Waals surface area (Å²) >= 11 is 24.7. The average molecular weight is 662 g/mol. The lowest BCUT2D eigenvalue weighted by atomic mass is 9.57. The predicted molar refractivity (Wildman–Crippen MR) is 152 cm³/mol. The summed E-state index contributed by atoms with van der Waals surface area (Å²) in [4.78, 5) is 0. The van der Waals surface area contributed by atoms with Crippen LogP contribution in [0, 0.1) is 17.5 Å². The van der Waals surface area contributed by atoms with Gasteiger partial charge in [0.2, 0.25) is 0 Å². The van der Waals surface area contributed by atoms with Gasteiger partial charge in [-0.1, -0.05) is 88.9 Å². The van der Waals surface area contributed by atoms with Crippen LogP contribution in [0.1, 0.15) is 28.2 Å². The van der Waals surface area contributed by atoms with Gasteiger partial charge in [-0.25, -0.2) is 17.6 Å². The van der Waals surface area contributed by atoms with Gasteiger partial charge in [-0.15, -0.1) is 0 Å². The van der Waals surface area contributed by atoms with E-state index in [-0.39, 0.29) is 15.6 Å². The summed E-state index contributed by atoms with van der Waals surface area (Å²) in [6, 6.07) is 14.9. The highest BCUT2D eigenvalue weighted by Crippen LogP contribution is 2.67. The summed E-state index contributed by atoms with van der Waals surface area (Å²) < 4.78 is 112. The van der Waals surface area contributed by atoms with E-state index >= 15 is 30.7 Å². The van der Waals surface area contributed by atoms with Crippen molar-refractivity contribution in [2.24, 2.45) is 0 Å². The van der Waals surface area contributed by atoms with E-state index in [9.17, 15) is 0 Å². The minimum atomic E-state index is -5.55. The quantitative estimate of drug-likeness (QED) is 0.191. The molecule has 4 aromatic rings. The van der Waals surface area contributed by atoms with Crippen LogP contribution in [0.2, 0.25) is 15.1 Å². The zero-order chi connectivity index (χ0) is 30.6. The monoisotopic (exact) mass is 660 g/mol. The summed E-state index contributed by atoms with van der Waals surface area (Å²) in [5.74, 6) is -7.84. The Morgan fingerprint density at radius 1 is 0.643 bits per heavy atom. The Morgan fingerprint density at radius 3 is 1.90 bits per heavy atom. The number of allylic oxidation sites excluding steroid dienone is 4. The van der Waals surface area contributed by atoms with Crippen LogP contribution < -0.4 is 0 Å². The Balaban J connectivity index is 2.13. The van der Waals surface area contributed by atoms with E-state index < -0.39 is 78.7 Å². The zero-order valence-corrected chi connectivity index (χ0v) is 23.8. The molecule has 42 heavy (non-hydrogen) atoms. The Hall–Kier alpha value is -2.97. The molecule has 0 heterocycles. The third-order valence-electron chi connectivity index (χ3n) is 7.11. The number of benzene rings is 4. The van der Waals surface area contributed by atoms with Crippen LogP contribution in [0.5, 0.6) is 0 Å². The molecule has 0 aromatic heterocycles. The maximum atomic E-state index is 16.6. The number of halogens is 11. The van der Waals surface area contributed by atoms with Gasteiger partial charge in [-0.05, 0) is 59.2 Å². The van der Waals surface area contributed by atoms with E-state index in [1.165, 1.54) is 36.4 Å². The second kappa shape index (κ2) is 11.3. The first kappa shape index (κ1) is 30.5. The highest BCUT2D eigenvalue weighted by Gasteiger charge is 2.68. The van der Waals surface area contributed by atoms with E-state index in [0.717, 1.165) is 42.5 Å². The van der Waals surface area contributed by atoms with Crippen molar-refractivity contribution < 1.29 is 30.7 Å². The lowest BCUT2D eigenvalue weighted by molar-refractivity contribution is -0.177. The van der Waals surface area contributed by atoms with Crippen molar-refractivity contribution >= 4 is 57.5 Å². The van der Waals surface area contributed by atoms with Gasteiger partial charge < -0.3 is 0 Å². The van der Waals surface area contributed by atoms with Gasteiger partial charge in [-0.2, -0.15) is 13.2 Å². The van der Waals surface area contributed by atoms with E-state index in [1.54, 1.807) is 0 Å². The van der Waals surface area contributed by atoms with Crippen molar-refractivity contribution in [1.82, 2.24) is 0 Å². The Labute approximate surface area is 255 Å². The molecule has 0 bridgehead atoms. The smallest absolute Gasteiger partial charge is 0.207 e. The van der Waals surface area contributed by atoms with Crippen molar-refractivity contribution in [2.45, 2.75) is 17.5 Å². The van der Waals surface area contributed by atoms with Crippen molar-refractivity contribution in [3.63, 3.8) is 0 Å². The van der Waals surface area contributed by atoms with E-state index in [0.29, 0.717) is 6.07 Å². The summed E-state index contributed by atoms with van der Waals surface area (Å²) in [6.07, 6.45) is -5.55. The minimum Gasteiger partial charge on any atom is -0.207 e. The molecule has 0 amide bonds. The summed E-state index contributed by atoms with van der Waals surface area (Å²) in [7, 11) is 0. The Morgan fingerprint density at radius 2 is 1.29 bits per heavy atom. The standard InChI is InChI=1S/C31H15Cl4F7/c32-16-10-12-21(36)18(13-16)27-28(35)29(39)25(24-20(34)7-4-8-22(24)37)26(15-5-2-1-3-6-15)30(27,31(40,41)42)19-11-9-17(33)14-23(19)38/h1-14,27H. The van der Waals surface area contributed by atoms with E-state index in [1.807, 2.05) is 0 Å². The lowest BCUT2D eigenvalue weighted by Crippen LogP contribution is -2.51. The normalized spacial score (nSPS) is 19.5. The zero-order valence-electron chi connectivity index (χ0n) is 20.8. The third kappa shape index (κ3) is 4.80. The second-order valence-corrected chi connectivity index (χ2v) is 11.1. The summed E-state index contributed by atoms with van der Waals surface area (Å²) in [5.41, 5.74) is -8.48. The molecule has 1 aliphatic rings. The van der Waals surface area contributed by atoms with Crippen molar-refractivity contribution in [3.8, 4) is 0 Å². The highest BCUT2D eigenvalue weighted by molar-refractivity contribution is 6.35. The fourth-order valence-corrected chi connectivity index (χ4v) is 6.47.